The topological polar surface area (TPSA) is 36.4 Å². The van der Waals surface area contributed by atoms with Gasteiger partial charge in [0.1, 0.15) is 5.69 Å². The molecule has 1 amide bonds. The van der Waals surface area contributed by atoms with Crippen molar-refractivity contribution in [2.24, 2.45) is 0 Å². The Labute approximate surface area is 141 Å². The van der Waals surface area contributed by atoms with Gasteiger partial charge in [0.2, 0.25) is 0 Å². The van der Waals surface area contributed by atoms with Crippen molar-refractivity contribution in [3.8, 4) is 0 Å². The van der Waals surface area contributed by atoms with E-state index in [1.165, 1.54) is 0 Å². The number of benzene rings is 2. The quantitative estimate of drug-likeness (QED) is 0.723. The van der Waals surface area contributed by atoms with Crippen LogP contribution in [0.25, 0.3) is 10.9 Å². The summed E-state index contributed by atoms with van der Waals surface area (Å²) in [5.41, 5.74) is 3.42. The summed E-state index contributed by atoms with van der Waals surface area (Å²) in [4.78, 5) is 21.7. The zero-order chi connectivity index (χ0) is 16.5. The normalized spacial score (nSPS) is 13.9. The van der Waals surface area contributed by atoms with E-state index in [4.69, 9.17) is 0 Å². The van der Waals surface area contributed by atoms with Gasteiger partial charge in [0, 0.05) is 25.0 Å². The highest BCUT2D eigenvalue weighted by molar-refractivity contribution is 6.08. The number of anilines is 2. The summed E-state index contributed by atoms with van der Waals surface area (Å²) in [6.45, 7) is 4.59. The van der Waals surface area contributed by atoms with Crippen LogP contribution >= 0.6 is 0 Å². The van der Waals surface area contributed by atoms with E-state index in [1.54, 1.807) is 0 Å². The predicted octanol–water partition coefficient (Wildman–Crippen LogP) is 3.72. The maximum atomic E-state index is 13.0. The fourth-order valence-corrected chi connectivity index (χ4v) is 3.28. The number of amides is 1. The van der Waals surface area contributed by atoms with Gasteiger partial charge in [0.15, 0.2) is 0 Å². The lowest BCUT2D eigenvalue weighted by Crippen LogP contribution is -2.44. The number of rotatable bonds is 2. The van der Waals surface area contributed by atoms with Gasteiger partial charge in [0.25, 0.3) is 5.91 Å². The van der Waals surface area contributed by atoms with Crippen LogP contribution in [0.3, 0.4) is 0 Å². The Morgan fingerprint density at radius 1 is 0.958 bits per heavy atom. The minimum Gasteiger partial charge on any atom is -0.368 e. The first-order chi connectivity index (χ1) is 11.8. The van der Waals surface area contributed by atoms with E-state index in [-0.39, 0.29) is 5.91 Å². The van der Waals surface area contributed by atoms with E-state index in [0.717, 1.165) is 35.4 Å². The molecule has 2 aromatic carbocycles. The Morgan fingerprint density at radius 3 is 2.54 bits per heavy atom. The molecule has 120 valence electrons. The van der Waals surface area contributed by atoms with Crippen LogP contribution in [0.5, 0.6) is 0 Å². The molecule has 3 aromatic rings. The van der Waals surface area contributed by atoms with Crippen LogP contribution in [-0.4, -0.2) is 30.5 Å². The summed E-state index contributed by atoms with van der Waals surface area (Å²) in [7, 11) is 0. The number of hydrogen-bond acceptors (Lipinski definition) is 3. The van der Waals surface area contributed by atoms with Crippen molar-refractivity contribution in [2.45, 2.75) is 6.92 Å². The Morgan fingerprint density at radius 2 is 1.71 bits per heavy atom. The smallest absolute Gasteiger partial charge is 0.277 e. The average molecular weight is 317 g/mol. The van der Waals surface area contributed by atoms with Crippen LogP contribution in [0.15, 0.2) is 60.7 Å². The molecule has 0 saturated carbocycles. The largest absolute Gasteiger partial charge is 0.368 e. The minimum atomic E-state index is -0.0380. The standard InChI is InChI=1S/C20H19N3O/c1-2-22-13-14-23(19-10-6-5-9-18(19)22)20(24)17-12-11-15-7-3-4-8-16(15)21-17/h3-12H,2,13-14H2,1H3. The van der Waals surface area contributed by atoms with Crippen molar-refractivity contribution in [3.05, 3.63) is 66.4 Å². The van der Waals surface area contributed by atoms with Crippen molar-refractivity contribution < 1.29 is 4.79 Å². The lowest BCUT2D eigenvalue weighted by atomic mass is 10.1. The van der Waals surface area contributed by atoms with Crippen LogP contribution in [0, 0.1) is 0 Å². The molecular formula is C20H19N3O. The third-order valence-electron chi connectivity index (χ3n) is 4.55. The maximum Gasteiger partial charge on any atom is 0.277 e. The molecule has 0 fully saturated rings. The summed E-state index contributed by atoms with van der Waals surface area (Å²) in [6.07, 6.45) is 0. The number of para-hydroxylation sites is 3. The summed E-state index contributed by atoms with van der Waals surface area (Å²) in [5.74, 6) is -0.0380. The molecule has 4 rings (SSSR count). The van der Waals surface area contributed by atoms with E-state index in [9.17, 15) is 4.79 Å². The van der Waals surface area contributed by atoms with Crippen molar-refractivity contribution in [2.75, 3.05) is 29.4 Å². The zero-order valence-corrected chi connectivity index (χ0v) is 13.6. The molecule has 24 heavy (non-hydrogen) atoms. The van der Waals surface area contributed by atoms with Crippen LogP contribution in [0.4, 0.5) is 11.4 Å². The number of pyridine rings is 1. The van der Waals surface area contributed by atoms with E-state index in [0.29, 0.717) is 12.2 Å². The molecule has 0 radical (unpaired) electrons. The monoisotopic (exact) mass is 317 g/mol. The van der Waals surface area contributed by atoms with E-state index >= 15 is 0 Å². The second-order valence-corrected chi connectivity index (χ2v) is 5.91. The van der Waals surface area contributed by atoms with Crippen LogP contribution in [-0.2, 0) is 0 Å². The first-order valence-electron chi connectivity index (χ1n) is 8.29. The van der Waals surface area contributed by atoms with E-state index in [1.807, 2.05) is 59.5 Å². The first kappa shape index (κ1) is 14.7. The van der Waals surface area contributed by atoms with Crippen molar-refractivity contribution in [1.82, 2.24) is 4.98 Å². The van der Waals surface area contributed by atoms with Gasteiger partial charge < -0.3 is 9.80 Å². The summed E-state index contributed by atoms with van der Waals surface area (Å²) in [6, 6.07) is 19.7. The Balaban J connectivity index is 1.73. The third kappa shape index (κ3) is 2.40. The number of carbonyl (C=O) groups excluding carboxylic acids is 1. The molecule has 0 bridgehead atoms. The van der Waals surface area contributed by atoms with Gasteiger partial charge in [-0.25, -0.2) is 4.98 Å². The first-order valence-corrected chi connectivity index (χ1v) is 8.29. The predicted molar refractivity (Wildman–Crippen MR) is 97.7 cm³/mol. The lowest BCUT2D eigenvalue weighted by Gasteiger charge is -2.37. The second kappa shape index (κ2) is 5.96. The fourth-order valence-electron chi connectivity index (χ4n) is 3.28. The van der Waals surface area contributed by atoms with E-state index in [2.05, 4.69) is 22.9 Å². The van der Waals surface area contributed by atoms with Gasteiger partial charge in [0.05, 0.1) is 16.9 Å². The number of nitrogens with zero attached hydrogens (tertiary/aromatic N) is 3. The van der Waals surface area contributed by atoms with Gasteiger partial charge in [-0.3, -0.25) is 4.79 Å². The van der Waals surface area contributed by atoms with Gasteiger partial charge >= 0.3 is 0 Å². The maximum absolute atomic E-state index is 13.0. The summed E-state index contributed by atoms with van der Waals surface area (Å²) >= 11 is 0. The third-order valence-corrected chi connectivity index (χ3v) is 4.55. The Hall–Kier alpha value is -2.88. The Kier molecular flexibility index (Phi) is 3.65. The molecule has 2 heterocycles. The summed E-state index contributed by atoms with van der Waals surface area (Å²) in [5, 5.41) is 1.05. The number of aromatic nitrogens is 1. The van der Waals surface area contributed by atoms with Gasteiger partial charge in [-0.05, 0) is 31.2 Å². The molecular weight excluding hydrogens is 298 g/mol. The van der Waals surface area contributed by atoms with Gasteiger partial charge in [-0.2, -0.15) is 0 Å². The van der Waals surface area contributed by atoms with E-state index < -0.39 is 0 Å². The number of hydrogen-bond donors (Lipinski definition) is 0. The molecule has 1 aromatic heterocycles. The van der Waals surface area contributed by atoms with Gasteiger partial charge in [-0.15, -0.1) is 0 Å². The van der Waals surface area contributed by atoms with Crippen molar-refractivity contribution in [1.29, 1.82) is 0 Å². The highest BCUT2D eigenvalue weighted by atomic mass is 16.2. The van der Waals surface area contributed by atoms with Crippen molar-refractivity contribution in [3.63, 3.8) is 0 Å². The number of fused-ring (bicyclic) bond motifs is 2. The lowest BCUT2D eigenvalue weighted by molar-refractivity contribution is 0.0982. The van der Waals surface area contributed by atoms with Crippen LogP contribution in [0.1, 0.15) is 17.4 Å². The average Bonchev–Trinajstić information content (AvgIpc) is 2.66. The highest BCUT2D eigenvalue weighted by Gasteiger charge is 2.27. The minimum absolute atomic E-state index is 0.0380. The molecule has 4 nitrogen and oxygen atoms in total. The molecule has 0 saturated heterocycles. The molecule has 0 atom stereocenters. The van der Waals surface area contributed by atoms with Crippen LogP contribution < -0.4 is 9.80 Å². The molecule has 0 N–H and O–H groups in total. The molecule has 1 aliphatic rings. The zero-order valence-electron chi connectivity index (χ0n) is 13.6. The second-order valence-electron chi connectivity index (χ2n) is 5.91. The van der Waals surface area contributed by atoms with Gasteiger partial charge in [-0.1, -0.05) is 36.4 Å². The highest BCUT2D eigenvalue weighted by Crippen LogP contribution is 2.33. The molecule has 0 unspecified atom stereocenters. The number of carbonyl (C=O) groups is 1. The number of likely N-dealkylation sites (N-methyl/N-ethyl adjacent to an activating group) is 1. The molecule has 0 aliphatic carbocycles. The molecule has 4 heteroatoms. The van der Waals surface area contributed by atoms with Crippen LogP contribution in [0.2, 0.25) is 0 Å². The van der Waals surface area contributed by atoms with Crippen molar-refractivity contribution >= 4 is 28.2 Å². The Bertz CT molecular complexity index is 906. The molecule has 0 spiro atoms. The summed E-state index contributed by atoms with van der Waals surface area (Å²) < 4.78 is 0. The SMILES string of the molecule is CCN1CCN(C(=O)c2ccc3ccccc3n2)c2ccccc21. The molecule has 1 aliphatic heterocycles. The fraction of sp³-hybridized carbons (Fsp3) is 0.200.